The van der Waals surface area contributed by atoms with Crippen molar-refractivity contribution >= 4 is 0 Å². The Balaban J connectivity index is 2.56. The van der Waals surface area contributed by atoms with Gasteiger partial charge in [0.15, 0.2) is 0 Å². The summed E-state index contributed by atoms with van der Waals surface area (Å²) in [6, 6.07) is 8.83. The zero-order chi connectivity index (χ0) is 12.4. The highest BCUT2D eigenvalue weighted by Gasteiger charge is 2.13. The molecule has 2 rings (SSSR count). The van der Waals surface area contributed by atoms with Gasteiger partial charge in [-0.1, -0.05) is 24.3 Å². The molecule has 1 aromatic carbocycles. The Labute approximate surface area is 102 Å². The van der Waals surface area contributed by atoms with E-state index >= 15 is 0 Å². The van der Waals surface area contributed by atoms with Gasteiger partial charge in [-0.25, -0.2) is 0 Å². The van der Waals surface area contributed by atoms with Crippen molar-refractivity contribution in [2.24, 2.45) is 7.05 Å². The highest BCUT2D eigenvalue weighted by Crippen LogP contribution is 2.29. The molecule has 0 amide bonds. The van der Waals surface area contributed by atoms with Crippen LogP contribution in [0.2, 0.25) is 0 Å². The van der Waals surface area contributed by atoms with E-state index in [-0.39, 0.29) is 0 Å². The lowest BCUT2D eigenvalue weighted by molar-refractivity contribution is 0.653. The summed E-state index contributed by atoms with van der Waals surface area (Å²) < 4.78 is 1.91. The highest BCUT2D eigenvalue weighted by atomic mass is 15.3. The van der Waals surface area contributed by atoms with Crippen molar-refractivity contribution in [3.63, 3.8) is 0 Å². The number of aryl methyl sites for hydroxylation is 1. The largest absolute Gasteiger partial charge is 0.313 e. The molecule has 17 heavy (non-hydrogen) atoms. The smallest absolute Gasteiger partial charge is 0.0571 e. The third-order valence-corrected chi connectivity index (χ3v) is 3.39. The van der Waals surface area contributed by atoms with Gasteiger partial charge in [0, 0.05) is 24.3 Å². The Bertz CT molecular complexity index is 514. The first-order chi connectivity index (χ1) is 8.15. The molecule has 0 aliphatic carbocycles. The van der Waals surface area contributed by atoms with Crippen LogP contribution in [0.5, 0.6) is 0 Å². The summed E-state index contributed by atoms with van der Waals surface area (Å²) in [5, 5.41) is 7.61. The molecule has 0 aliphatic rings. The van der Waals surface area contributed by atoms with E-state index < -0.39 is 0 Å². The predicted octanol–water partition coefficient (Wildman–Crippen LogP) is 2.68. The first-order valence-electron chi connectivity index (χ1n) is 5.90. The molecule has 0 spiro atoms. The number of benzene rings is 1. The lowest BCUT2D eigenvalue weighted by Crippen LogP contribution is -2.13. The fourth-order valence-corrected chi connectivity index (χ4v) is 2.04. The van der Waals surface area contributed by atoms with E-state index in [1.807, 2.05) is 25.0 Å². The topological polar surface area (TPSA) is 29.9 Å². The van der Waals surface area contributed by atoms with Gasteiger partial charge in [-0.3, -0.25) is 4.68 Å². The SMILES string of the molecule is CNC(C)c1ccccc1-c1cnn(C)c1C. The number of rotatable bonds is 3. The van der Waals surface area contributed by atoms with Crippen molar-refractivity contribution < 1.29 is 0 Å². The zero-order valence-corrected chi connectivity index (χ0v) is 10.9. The number of aromatic nitrogens is 2. The summed E-state index contributed by atoms with van der Waals surface area (Å²) >= 11 is 0. The molecule has 0 bridgehead atoms. The number of hydrogen-bond donors (Lipinski definition) is 1. The Hall–Kier alpha value is -1.61. The summed E-state index contributed by atoms with van der Waals surface area (Å²) in [4.78, 5) is 0. The second-order valence-corrected chi connectivity index (χ2v) is 4.36. The molecule has 0 aliphatic heterocycles. The van der Waals surface area contributed by atoms with E-state index in [0.29, 0.717) is 6.04 Å². The molecule has 3 nitrogen and oxygen atoms in total. The molecule has 3 heteroatoms. The molecule has 1 aromatic heterocycles. The predicted molar refractivity (Wildman–Crippen MR) is 70.9 cm³/mol. The van der Waals surface area contributed by atoms with Crippen LogP contribution in [0.3, 0.4) is 0 Å². The van der Waals surface area contributed by atoms with E-state index in [0.717, 1.165) is 0 Å². The number of nitrogens with zero attached hydrogens (tertiary/aromatic N) is 2. The van der Waals surface area contributed by atoms with Crippen molar-refractivity contribution in [1.29, 1.82) is 0 Å². The van der Waals surface area contributed by atoms with Gasteiger partial charge in [0.2, 0.25) is 0 Å². The molecule has 1 unspecified atom stereocenters. The first kappa shape index (κ1) is 11.9. The summed E-state index contributed by atoms with van der Waals surface area (Å²) in [5.41, 5.74) is 4.98. The van der Waals surface area contributed by atoms with E-state index in [1.165, 1.54) is 22.4 Å². The standard InChI is InChI=1S/C14H19N3/c1-10(15-3)12-7-5-6-8-13(12)14-9-16-17(4)11(14)2/h5-10,15H,1-4H3. The fraction of sp³-hybridized carbons (Fsp3) is 0.357. The normalized spacial score (nSPS) is 12.7. The fourth-order valence-electron chi connectivity index (χ4n) is 2.04. The molecular weight excluding hydrogens is 210 g/mol. The highest BCUT2D eigenvalue weighted by molar-refractivity contribution is 5.69. The molecule has 1 atom stereocenters. The van der Waals surface area contributed by atoms with Crippen LogP contribution in [0.15, 0.2) is 30.5 Å². The molecule has 0 saturated carbocycles. The minimum atomic E-state index is 0.339. The summed E-state index contributed by atoms with van der Waals surface area (Å²) in [7, 11) is 3.96. The average Bonchev–Trinajstić information content (AvgIpc) is 2.69. The van der Waals surface area contributed by atoms with Crippen molar-refractivity contribution in [3.05, 3.63) is 41.7 Å². The zero-order valence-electron chi connectivity index (χ0n) is 10.9. The Morgan fingerprint density at radius 3 is 2.53 bits per heavy atom. The van der Waals surface area contributed by atoms with Gasteiger partial charge in [0.25, 0.3) is 0 Å². The quantitative estimate of drug-likeness (QED) is 0.877. The van der Waals surface area contributed by atoms with Gasteiger partial charge in [0.1, 0.15) is 0 Å². The molecule has 0 radical (unpaired) electrons. The van der Waals surface area contributed by atoms with Gasteiger partial charge < -0.3 is 5.32 Å². The maximum absolute atomic E-state index is 4.32. The Morgan fingerprint density at radius 1 is 1.24 bits per heavy atom. The molecule has 2 aromatic rings. The molecule has 1 N–H and O–H groups in total. The van der Waals surface area contributed by atoms with Gasteiger partial charge in [-0.2, -0.15) is 5.10 Å². The van der Waals surface area contributed by atoms with Crippen LogP contribution in [-0.4, -0.2) is 16.8 Å². The van der Waals surface area contributed by atoms with Crippen LogP contribution in [0.25, 0.3) is 11.1 Å². The van der Waals surface area contributed by atoms with Crippen LogP contribution in [0.1, 0.15) is 24.2 Å². The van der Waals surface area contributed by atoms with E-state index in [2.05, 4.69) is 48.5 Å². The van der Waals surface area contributed by atoms with Crippen molar-refractivity contribution in [1.82, 2.24) is 15.1 Å². The van der Waals surface area contributed by atoms with Gasteiger partial charge in [0.05, 0.1) is 6.20 Å². The van der Waals surface area contributed by atoms with E-state index in [9.17, 15) is 0 Å². The number of nitrogens with one attached hydrogen (secondary N) is 1. The van der Waals surface area contributed by atoms with Crippen molar-refractivity contribution in [2.75, 3.05) is 7.05 Å². The third kappa shape index (κ3) is 2.11. The Morgan fingerprint density at radius 2 is 1.94 bits per heavy atom. The second kappa shape index (κ2) is 4.72. The van der Waals surface area contributed by atoms with Crippen molar-refractivity contribution in [2.45, 2.75) is 19.9 Å². The van der Waals surface area contributed by atoms with E-state index in [4.69, 9.17) is 0 Å². The molecule has 0 saturated heterocycles. The van der Waals surface area contributed by atoms with E-state index in [1.54, 1.807) is 0 Å². The number of hydrogen-bond acceptors (Lipinski definition) is 2. The van der Waals surface area contributed by atoms with Crippen LogP contribution >= 0.6 is 0 Å². The van der Waals surface area contributed by atoms with Crippen LogP contribution in [0, 0.1) is 6.92 Å². The van der Waals surface area contributed by atoms with Crippen molar-refractivity contribution in [3.8, 4) is 11.1 Å². The lowest BCUT2D eigenvalue weighted by Gasteiger charge is -2.15. The summed E-state index contributed by atoms with van der Waals surface area (Å²) in [6.07, 6.45) is 1.94. The molecule has 0 fully saturated rings. The van der Waals surface area contributed by atoms with Crippen LogP contribution in [0.4, 0.5) is 0 Å². The van der Waals surface area contributed by atoms with Gasteiger partial charge in [-0.15, -0.1) is 0 Å². The average molecular weight is 229 g/mol. The van der Waals surface area contributed by atoms with Gasteiger partial charge in [-0.05, 0) is 32.0 Å². The minimum Gasteiger partial charge on any atom is -0.313 e. The molecule has 90 valence electrons. The second-order valence-electron chi connectivity index (χ2n) is 4.36. The maximum Gasteiger partial charge on any atom is 0.0571 e. The Kier molecular flexibility index (Phi) is 3.29. The van der Waals surface area contributed by atoms with Crippen LogP contribution in [-0.2, 0) is 7.05 Å². The molecule has 1 heterocycles. The van der Waals surface area contributed by atoms with Crippen LogP contribution < -0.4 is 5.32 Å². The maximum atomic E-state index is 4.32. The lowest BCUT2D eigenvalue weighted by atomic mass is 9.96. The first-order valence-corrected chi connectivity index (χ1v) is 5.90. The third-order valence-electron chi connectivity index (χ3n) is 3.39. The monoisotopic (exact) mass is 229 g/mol. The summed E-state index contributed by atoms with van der Waals surface area (Å²) in [6.45, 7) is 4.27. The minimum absolute atomic E-state index is 0.339. The molecular formula is C14H19N3. The summed E-state index contributed by atoms with van der Waals surface area (Å²) in [5.74, 6) is 0. The van der Waals surface area contributed by atoms with Gasteiger partial charge >= 0.3 is 0 Å².